The molecule has 3 heterocycles. The van der Waals surface area contributed by atoms with E-state index in [-0.39, 0.29) is 29.5 Å². The Labute approximate surface area is 223 Å². The Morgan fingerprint density at radius 2 is 1.69 bits per heavy atom. The highest BCUT2D eigenvalue weighted by Gasteiger charge is 2.66. The summed E-state index contributed by atoms with van der Waals surface area (Å²) in [4.78, 5) is 41.9. The summed E-state index contributed by atoms with van der Waals surface area (Å²) in [7, 11) is 0. The second-order valence-corrected chi connectivity index (χ2v) is 12.0. The van der Waals surface area contributed by atoms with Gasteiger partial charge in [-0.2, -0.15) is 0 Å². The van der Waals surface area contributed by atoms with Crippen LogP contribution in [0.4, 0.5) is 0 Å². The van der Waals surface area contributed by atoms with Crippen LogP contribution < -0.4 is 5.32 Å². The molecule has 2 amide bonds. The van der Waals surface area contributed by atoms with Gasteiger partial charge in [0.2, 0.25) is 11.8 Å². The first kappa shape index (κ1) is 24.9. The molecule has 4 atom stereocenters. The fourth-order valence-corrected chi connectivity index (χ4v) is 7.33. The van der Waals surface area contributed by atoms with Crippen LogP contribution in [0.5, 0.6) is 0 Å². The molecule has 0 saturated carbocycles. The molecular weight excluding hydrogens is 516 g/mol. The van der Waals surface area contributed by atoms with Gasteiger partial charge in [0.05, 0.1) is 11.2 Å². The molecule has 0 unspecified atom stereocenters. The number of rotatable bonds is 8. The van der Waals surface area contributed by atoms with E-state index < -0.39 is 28.9 Å². The molecule has 3 aromatic rings. The van der Waals surface area contributed by atoms with E-state index in [1.165, 1.54) is 28.0 Å². The summed E-state index contributed by atoms with van der Waals surface area (Å²) in [5.74, 6) is -0.876. The molecule has 9 heteroatoms. The Hall–Kier alpha value is -2.81. The third kappa shape index (κ3) is 4.65. The van der Waals surface area contributed by atoms with Gasteiger partial charge in [-0.25, -0.2) is 4.79 Å². The summed E-state index contributed by atoms with van der Waals surface area (Å²) in [6.45, 7) is 1.87. The Morgan fingerprint density at radius 1 is 1.06 bits per heavy atom. The van der Waals surface area contributed by atoms with Gasteiger partial charge in [0.25, 0.3) is 0 Å². The van der Waals surface area contributed by atoms with Crippen molar-refractivity contribution < 1.29 is 19.1 Å². The largest absolute Gasteiger partial charge is 0.451 e. The van der Waals surface area contributed by atoms with Gasteiger partial charge in [-0.15, -0.1) is 34.7 Å². The van der Waals surface area contributed by atoms with Gasteiger partial charge in [-0.1, -0.05) is 66.7 Å². The van der Waals surface area contributed by atoms with Crippen LogP contribution in [-0.4, -0.2) is 50.8 Å². The molecule has 0 bridgehead atoms. The molecule has 2 saturated heterocycles. The average Bonchev–Trinajstić information content (AvgIpc) is 3.51. The molecule has 5 rings (SSSR count). The van der Waals surface area contributed by atoms with Gasteiger partial charge in [0.1, 0.15) is 17.5 Å². The van der Waals surface area contributed by atoms with Crippen LogP contribution in [0.1, 0.15) is 29.0 Å². The Kier molecular flexibility index (Phi) is 7.10. The summed E-state index contributed by atoms with van der Waals surface area (Å²) in [5, 5.41) is 4.38. The lowest BCUT2D eigenvalue weighted by Crippen LogP contribution is -2.71. The number of amides is 2. The highest BCUT2D eigenvalue weighted by molar-refractivity contribution is 8.01. The number of carbonyl (C=O) groups is 3. The second-order valence-electron chi connectivity index (χ2n) is 9.04. The molecular formula is C27H25ClN2O4S2. The van der Waals surface area contributed by atoms with E-state index in [0.717, 1.165) is 16.0 Å². The normalized spacial score (nSPS) is 24.8. The number of β-lactam (4-membered cyclic amide) rings is 1. The minimum atomic E-state index is -0.863. The highest BCUT2D eigenvalue weighted by atomic mass is 35.5. The van der Waals surface area contributed by atoms with Crippen molar-refractivity contribution in [3.63, 3.8) is 0 Å². The number of hydrogen-bond acceptors (Lipinski definition) is 6. The van der Waals surface area contributed by atoms with Gasteiger partial charge >= 0.3 is 5.97 Å². The van der Waals surface area contributed by atoms with Gasteiger partial charge in [-0.05, 0) is 29.5 Å². The first-order valence-corrected chi connectivity index (χ1v) is 13.9. The molecule has 2 aliphatic rings. The molecule has 0 radical (unpaired) electrons. The number of ether oxygens (including phenoxy) is 1. The first-order chi connectivity index (χ1) is 17.4. The predicted molar refractivity (Wildman–Crippen MR) is 142 cm³/mol. The molecule has 2 aromatic carbocycles. The number of esters is 1. The minimum absolute atomic E-state index is 0.148. The maximum absolute atomic E-state index is 13.7. The lowest BCUT2D eigenvalue weighted by Gasteiger charge is -2.44. The number of nitrogens with zero attached hydrogens (tertiary/aromatic N) is 1. The number of halogens is 1. The summed E-state index contributed by atoms with van der Waals surface area (Å²) in [6.07, 6.45) is -0.409. The van der Waals surface area contributed by atoms with Crippen LogP contribution in [0.25, 0.3) is 0 Å². The van der Waals surface area contributed by atoms with E-state index in [2.05, 4.69) is 5.32 Å². The number of thioether (sulfide) groups is 1. The number of hydrogen-bond donors (Lipinski definition) is 1. The van der Waals surface area contributed by atoms with E-state index >= 15 is 0 Å². The Morgan fingerprint density at radius 3 is 2.25 bits per heavy atom. The van der Waals surface area contributed by atoms with Gasteiger partial charge in [0, 0.05) is 10.8 Å². The number of carbonyl (C=O) groups excluding carboxylic acids is 3. The van der Waals surface area contributed by atoms with E-state index in [0.29, 0.717) is 0 Å². The van der Waals surface area contributed by atoms with Crippen molar-refractivity contribution in [2.45, 2.75) is 41.7 Å². The number of thiophene rings is 1. The average molecular weight is 541 g/mol. The monoisotopic (exact) mass is 540 g/mol. The van der Waals surface area contributed by atoms with Crippen LogP contribution in [0.3, 0.4) is 0 Å². The van der Waals surface area contributed by atoms with Crippen molar-refractivity contribution >= 4 is 52.5 Å². The van der Waals surface area contributed by atoms with Crippen LogP contribution in [0, 0.1) is 0 Å². The molecule has 1 N–H and O–H groups in total. The molecule has 0 spiro atoms. The summed E-state index contributed by atoms with van der Waals surface area (Å²) in [5.41, 5.74) is 1.67. The molecule has 186 valence electrons. The van der Waals surface area contributed by atoms with Crippen LogP contribution in [-0.2, 0) is 25.5 Å². The topological polar surface area (TPSA) is 75.7 Å². The quantitative estimate of drug-likeness (QED) is 0.260. The van der Waals surface area contributed by atoms with E-state index in [4.69, 9.17) is 16.3 Å². The molecule has 2 aliphatic heterocycles. The number of nitrogens with one attached hydrogen (secondary N) is 1. The Bertz CT molecular complexity index is 1200. The minimum Gasteiger partial charge on any atom is -0.451 e. The molecule has 6 nitrogen and oxygen atoms in total. The van der Waals surface area contributed by atoms with Crippen molar-refractivity contribution in [1.29, 1.82) is 0 Å². The lowest BCUT2D eigenvalue weighted by molar-refractivity contribution is -0.166. The van der Waals surface area contributed by atoms with Crippen molar-refractivity contribution in [2.75, 3.05) is 5.88 Å². The molecule has 2 fully saturated rings. The maximum Gasteiger partial charge on any atom is 0.331 e. The van der Waals surface area contributed by atoms with Crippen LogP contribution in [0.15, 0.2) is 78.2 Å². The fourth-order valence-electron chi connectivity index (χ4n) is 4.68. The standard InChI is InChI=1S/C27H25ClN2O4S2/c1-27(16-28)23(26(33)34-22(17-9-4-2-5-10-17)18-11-6-3-7-12-18)30-24(32)21(25(30)36-27)29-20(31)15-19-13-8-14-35-19/h2-14,21-23,25H,15-16H2,1H3,(H,29,31)/t21-,23+,25-,27+/m1/s1. The molecule has 36 heavy (non-hydrogen) atoms. The van der Waals surface area contributed by atoms with E-state index in [9.17, 15) is 14.4 Å². The number of alkyl halides is 1. The van der Waals surface area contributed by atoms with E-state index in [1.807, 2.05) is 85.1 Å². The molecule has 1 aromatic heterocycles. The fraction of sp³-hybridized carbons (Fsp3) is 0.296. The number of fused-ring (bicyclic) bond motifs is 1. The summed E-state index contributed by atoms with van der Waals surface area (Å²) < 4.78 is 5.34. The van der Waals surface area contributed by atoms with Crippen molar-refractivity contribution in [3.05, 3.63) is 94.2 Å². The van der Waals surface area contributed by atoms with Gasteiger partial charge in [0.15, 0.2) is 6.10 Å². The van der Waals surface area contributed by atoms with Crippen LogP contribution >= 0.6 is 34.7 Å². The summed E-state index contributed by atoms with van der Waals surface area (Å²) >= 11 is 9.29. The molecule has 0 aliphatic carbocycles. The first-order valence-electron chi connectivity index (χ1n) is 11.6. The zero-order valence-electron chi connectivity index (χ0n) is 19.5. The van der Waals surface area contributed by atoms with Crippen molar-refractivity contribution in [1.82, 2.24) is 10.2 Å². The highest BCUT2D eigenvalue weighted by Crippen LogP contribution is 2.52. The second kappa shape index (κ2) is 10.3. The van der Waals surface area contributed by atoms with Crippen LogP contribution in [0.2, 0.25) is 0 Å². The number of benzene rings is 2. The van der Waals surface area contributed by atoms with Gasteiger partial charge in [-0.3, -0.25) is 9.59 Å². The Balaban J connectivity index is 1.35. The zero-order valence-corrected chi connectivity index (χ0v) is 21.9. The van der Waals surface area contributed by atoms with E-state index in [1.54, 1.807) is 0 Å². The third-order valence-corrected chi connectivity index (χ3v) is 9.72. The zero-order chi connectivity index (χ0) is 25.3. The third-order valence-electron chi connectivity index (χ3n) is 6.49. The predicted octanol–water partition coefficient (Wildman–Crippen LogP) is 4.39. The van der Waals surface area contributed by atoms with Gasteiger partial charge < -0.3 is 15.0 Å². The summed E-state index contributed by atoms with van der Waals surface area (Å²) in [6, 6.07) is 21.2. The van der Waals surface area contributed by atoms with Crippen molar-refractivity contribution in [3.8, 4) is 0 Å². The van der Waals surface area contributed by atoms with Crippen molar-refractivity contribution in [2.24, 2.45) is 0 Å². The maximum atomic E-state index is 13.7. The lowest BCUT2D eigenvalue weighted by atomic mass is 9.95. The SMILES string of the molecule is C[C@@]1(CCl)S[C@@H]2[C@H](NC(=O)Cc3cccs3)C(=O)N2[C@H]1C(=O)OC(c1ccccc1)c1ccccc1. The smallest absolute Gasteiger partial charge is 0.331 e.